The van der Waals surface area contributed by atoms with Crippen molar-refractivity contribution in [3.63, 3.8) is 0 Å². The standard InChI is InChI=1S/C11H14Cl3NO.C2HF3O2/c1-2-3-15-4-5-16-11-9(13)6-8(12)7-10(11)14;3-2(4,5)1(6)7/h6-7,15H,2-5H2,1H3;(H,6,7)/p+1. The Hall–Kier alpha value is -0.890. The fourth-order valence-electron chi connectivity index (χ4n) is 1.26. The maximum atomic E-state index is 10.6. The van der Waals surface area contributed by atoms with E-state index in [4.69, 9.17) is 49.4 Å². The van der Waals surface area contributed by atoms with E-state index in [1.807, 2.05) is 0 Å². The van der Waals surface area contributed by atoms with Gasteiger partial charge in [0.15, 0.2) is 5.75 Å². The third-order valence-electron chi connectivity index (χ3n) is 2.27. The summed E-state index contributed by atoms with van der Waals surface area (Å²) >= 11 is 17.7. The molecule has 0 heterocycles. The van der Waals surface area contributed by atoms with Gasteiger partial charge in [-0.3, -0.25) is 0 Å². The minimum Gasteiger partial charge on any atom is -0.485 e. The number of benzene rings is 1. The molecule has 0 saturated heterocycles. The first kappa shape index (κ1) is 22.1. The van der Waals surface area contributed by atoms with Crippen LogP contribution in [0.5, 0.6) is 5.75 Å². The van der Waals surface area contributed by atoms with E-state index in [0.717, 1.165) is 19.5 Å². The second-order valence-electron chi connectivity index (χ2n) is 4.22. The van der Waals surface area contributed by atoms with Crippen molar-refractivity contribution in [2.45, 2.75) is 19.5 Å². The lowest BCUT2D eigenvalue weighted by Crippen LogP contribution is -2.85. The molecule has 0 aliphatic heterocycles. The van der Waals surface area contributed by atoms with Gasteiger partial charge < -0.3 is 15.2 Å². The maximum absolute atomic E-state index is 10.6. The van der Waals surface area contributed by atoms with Crippen LogP contribution in [0, 0.1) is 0 Å². The van der Waals surface area contributed by atoms with Crippen LogP contribution in [0.3, 0.4) is 0 Å². The SMILES string of the molecule is CCC[NH2+]CCOc1c(Cl)cc(Cl)cc1Cl.O=C(O)C(F)(F)F. The lowest BCUT2D eigenvalue weighted by molar-refractivity contribution is -0.655. The van der Waals surface area contributed by atoms with Crippen molar-refractivity contribution in [2.24, 2.45) is 0 Å². The number of nitrogens with two attached hydrogens (primary N) is 1. The van der Waals surface area contributed by atoms with Gasteiger partial charge in [0.25, 0.3) is 0 Å². The molecule has 0 amide bonds. The van der Waals surface area contributed by atoms with E-state index in [0.29, 0.717) is 27.4 Å². The number of quaternary nitrogens is 1. The van der Waals surface area contributed by atoms with Gasteiger partial charge in [-0.2, -0.15) is 13.2 Å². The molecule has 0 aliphatic carbocycles. The quantitative estimate of drug-likeness (QED) is 0.721. The predicted molar refractivity (Wildman–Crippen MR) is 82.6 cm³/mol. The van der Waals surface area contributed by atoms with E-state index in [-0.39, 0.29) is 0 Å². The number of aliphatic carboxylic acids is 1. The zero-order valence-electron chi connectivity index (χ0n) is 12.1. The van der Waals surface area contributed by atoms with Gasteiger partial charge in [0, 0.05) is 5.02 Å². The summed E-state index contributed by atoms with van der Waals surface area (Å²) in [7, 11) is 0. The van der Waals surface area contributed by atoms with E-state index < -0.39 is 12.1 Å². The topological polar surface area (TPSA) is 63.1 Å². The van der Waals surface area contributed by atoms with Crippen LogP contribution >= 0.6 is 34.8 Å². The van der Waals surface area contributed by atoms with Gasteiger partial charge >= 0.3 is 12.1 Å². The summed E-state index contributed by atoms with van der Waals surface area (Å²) in [6, 6.07) is 3.25. The highest BCUT2D eigenvalue weighted by Gasteiger charge is 2.38. The molecule has 1 aromatic rings. The molecule has 4 nitrogen and oxygen atoms in total. The monoisotopic (exact) mass is 396 g/mol. The number of carboxylic acids is 1. The molecule has 23 heavy (non-hydrogen) atoms. The Morgan fingerprint density at radius 3 is 2.09 bits per heavy atom. The zero-order valence-corrected chi connectivity index (χ0v) is 14.4. The van der Waals surface area contributed by atoms with Crippen LogP contribution in [0.15, 0.2) is 12.1 Å². The first-order valence-corrected chi connectivity index (χ1v) is 7.62. The molecule has 0 saturated carbocycles. The number of alkyl halides is 3. The largest absolute Gasteiger partial charge is 0.490 e. The van der Waals surface area contributed by atoms with E-state index in [1.165, 1.54) is 0 Å². The summed E-state index contributed by atoms with van der Waals surface area (Å²) in [5.74, 6) is -2.25. The average Bonchev–Trinajstić information content (AvgIpc) is 2.40. The molecule has 0 atom stereocenters. The smallest absolute Gasteiger partial charge is 0.485 e. The molecule has 0 aliphatic rings. The summed E-state index contributed by atoms with van der Waals surface area (Å²) < 4.78 is 37.3. The van der Waals surface area contributed by atoms with Crippen molar-refractivity contribution in [3.05, 3.63) is 27.2 Å². The highest BCUT2D eigenvalue weighted by molar-refractivity contribution is 6.40. The molecular weight excluding hydrogens is 382 g/mol. The highest BCUT2D eigenvalue weighted by atomic mass is 35.5. The van der Waals surface area contributed by atoms with Crippen molar-refractivity contribution in [3.8, 4) is 5.75 Å². The van der Waals surface area contributed by atoms with Gasteiger partial charge in [-0.05, 0) is 18.6 Å². The van der Waals surface area contributed by atoms with Gasteiger partial charge in [-0.15, -0.1) is 0 Å². The molecule has 10 heteroatoms. The fourth-order valence-corrected chi connectivity index (χ4v) is 2.19. The first-order chi connectivity index (χ1) is 10.6. The van der Waals surface area contributed by atoms with Crippen LogP contribution in [0.2, 0.25) is 15.1 Å². The molecule has 1 rings (SSSR count). The highest BCUT2D eigenvalue weighted by Crippen LogP contribution is 2.35. The molecule has 0 unspecified atom stereocenters. The fraction of sp³-hybridized carbons (Fsp3) is 0.462. The average molecular weight is 398 g/mol. The van der Waals surface area contributed by atoms with Crippen LogP contribution in [0.1, 0.15) is 13.3 Å². The lowest BCUT2D eigenvalue weighted by Gasteiger charge is -2.09. The number of ether oxygens (including phenoxy) is 1. The van der Waals surface area contributed by atoms with Crippen molar-refractivity contribution >= 4 is 40.8 Å². The molecule has 0 aromatic heterocycles. The number of rotatable bonds is 6. The van der Waals surface area contributed by atoms with Gasteiger partial charge in [0.2, 0.25) is 0 Å². The van der Waals surface area contributed by atoms with Crippen LogP contribution in [0.4, 0.5) is 13.2 Å². The molecule has 0 bridgehead atoms. The summed E-state index contributed by atoms with van der Waals surface area (Å²) in [5, 5.41) is 10.7. The van der Waals surface area contributed by atoms with Gasteiger partial charge in [0.05, 0.1) is 16.6 Å². The van der Waals surface area contributed by atoms with Gasteiger partial charge in [-0.25, -0.2) is 4.79 Å². The molecule has 132 valence electrons. The Morgan fingerprint density at radius 2 is 1.70 bits per heavy atom. The molecule has 1 aromatic carbocycles. The van der Waals surface area contributed by atoms with Gasteiger partial charge in [-0.1, -0.05) is 41.7 Å². The zero-order chi connectivity index (χ0) is 18.0. The molecule has 0 radical (unpaired) electrons. The number of carbonyl (C=O) groups is 1. The molecule has 3 N–H and O–H groups in total. The lowest BCUT2D eigenvalue weighted by atomic mass is 10.3. The Bertz CT molecular complexity index is 490. The van der Waals surface area contributed by atoms with E-state index in [9.17, 15) is 13.2 Å². The van der Waals surface area contributed by atoms with Crippen LogP contribution in [-0.4, -0.2) is 36.9 Å². The molecular formula is C13H16Cl3F3NO3+. The van der Waals surface area contributed by atoms with Crippen LogP contribution in [0.25, 0.3) is 0 Å². The molecule has 0 spiro atoms. The number of carboxylic acid groups (broad SMARTS) is 1. The first-order valence-electron chi connectivity index (χ1n) is 6.48. The summed E-state index contributed by atoms with van der Waals surface area (Å²) in [6.07, 6.45) is -3.93. The molecule has 0 fully saturated rings. The Kier molecular flexibility index (Phi) is 10.4. The Morgan fingerprint density at radius 1 is 1.22 bits per heavy atom. The minimum absolute atomic E-state index is 0.452. The maximum Gasteiger partial charge on any atom is 0.490 e. The van der Waals surface area contributed by atoms with Gasteiger partial charge in [0.1, 0.15) is 13.2 Å². The van der Waals surface area contributed by atoms with Crippen molar-refractivity contribution < 1.29 is 33.1 Å². The van der Waals surface area contributed by atoms with E-state index in [2.05, 4.69) is 12.2 Å². The van der Waals surface area contributed by atoms with Crippen LogP contribution in [-0.2, 0) is 4.79 Å². The summed E-state index contributed by atoms with van der Waals surface area (Å²) in [4.78, 5) is 8.90. The summed E-state index contributed by atoms with van der Waals surface area (Å²) in [6.45, 7) is 4.72. The predicted octanol–water partition coefficient (Wildman–Crippen LogP) is 3.63. The minimum atomic E-state index is -5.08. The Balaban J connectivity index is 0.000000585. The van der Waals surface area contributed by atoms with Crippen molar-refractivity contribution in [2.75, 3.05) is 19.7 Å². The number of hydrogen-bond donors (Lipinski definition) is 2. The number of halogens is 6. The van der Waals surface area contributed by atoms with Crippen molar-refractivity contribution in [1.82, 2.24) is 0 Å². The van der Waals surface area contributed by atoms with E-state index >= 15 is 0 Å². The third-order valence-corrected chi connectivity index (χ3v) is 3.05. The van der Waals surface area contributed by atoms with Crippen molar-refractivity contribution in [1.29, 1.82) is 0 Å². The second-order valence-corrected chi connectivity index (χ2v) is 5.47. The van der Waals surface area contributed by atoms with E-state index in [1.54, 1.807) is 12.1 Å². The Labute approximate surface area is 146 Å². The third kappa shape index (κ3) is 9.76. The summed E-state index contributed by atoms with van der Waals surface area (Å²) in [5.41, 5.74) is 0. The number of hydrogen-bond acceptors (Lipinski definition) is 2. The normalized spacial score (nSPS) is 10.7. The second kappa shape index (κ2) is 10.8. The van der Waals surface area contributed by atoms with Crippen LogP contribution < -0.4 is 10.1 Å².